The number of benzene rings is 1. The van der Waals surface area contributed by atoms with E-state index in [1.165, 1.54) is 0 Å². The van der Waals surface area contributed by atoms with Gasteiger partial charge in [-0.3, -0.25) is 0 Å². The van der Waals surface area contributed by atoms with Crippen LogP contribution in [0.4, 0.5) is 0 Å². The van der Waals surface area contributed by atoms with Crippen LogP contribution in [0.3, 0.4) is 0 Å². The van der Waals surface area contributed by atoms with Crippen molar-refractivity contribution in [2.24, 2.45) is 5.10 Å². The van der Waals surface area contributed by atoms with Crippen LogP contribution >= 0.6 is 0 Å². The molecule has 0 heterocycles. The third-order valence-electron chi connectivity index (χ3n) is 1.35. The fourth-order valence-corrected chi connectivity index (χ4v) is 0.779. The molecule has 0 saturated carbocycles. The van der Waals surface area contributed by atoms with Gasteiger partial charge in [-0.05, 0) is 5.56 Å². The number of hydrogen-bond acceptors (Lipinski definition) is 1. The molecule has 1 aromatic carbocycles. The van der Waals surface area contributed by atoms with Crippen molar-refractivity contribution in [2.75, 3.05) is 21.1 Å². The summed E-state index contributed by atoms with van der Waals surface area (Å²) >= 11 is 0. The second-order valence-electron chi connectivity index (χ2n) is 3.60. The van der Waals surface area contributed by atoms with Crippen molar-refractivity contribution in [3.05, 3.63) is 35.9 Å². The van der Waals surface area contributed by atoms with Crippen LogP contribution in [0.15, 0.2) is 35.4 Å². The molecule has 0 atom stereocenters. The van der Waals surface area contributed by atoms with Crippen molar-refractivity contribution in [1.82, 2.24) is 0 Å². The fourth-order valence-electron chi connectivity index (χ4n) is 0.779. The molecule has 0 aliphatic carbocycles. The fraction of sp³-hybridized carbons (Fsp3) is 0.300. The molecule has 13 heavy (non-hydrogen) atoms. The molecule has 0 spiro atoms. The molecule has 0 N–H and O–H groups in total. The van der Waals surface area contributed by atoms with Gasteiger partial charge in [-0.2, -0.15) is 0 Å². The minimum Gasteiger partial charge on any atom is -1.00 e. The number of halogens is 1. The van der Waals surface area contributed by atoms with Gasteiger partial charge in [0, 0.05) is 0 Å². The van der Waals surface area contributed by atoms with Crippen LogP contribution in [-0.2, 0) is 0 Å². The summed E-state index contributed by atoms with van der Waals surface area (Å²) in [4.78, 5) is 0. The van der Waals surface area contributed by atoms with E-state index in [4.69, 9.17) is 0 Å². The molecule has 3 heteroatoms. The van der Waals surface area contributed by atoms with Gasteiger partial charge >= 0.3 is 0 Å². The van der Waals surface area contributed by atoms with Gasteiger partial charge in [-0.15, -0.1) is 0 Å². The third kappa shape index (κ3) is 5.76. The van der Waals surface area contributed by atoms with Gasteiger partial charge in [-0.25, -0.2) is 4.59 Å². The van der Waals surface area contributed by atoms with Gasteiger partial charge in [0.25, 0.3) is 0 Å². The highest BCUT2D eigenvalue weighted by Gasteiger charge is 2.00. The van der Waals surface area contributed by atoms with Crippen molar-refractivity contribution in [3.63, 3.8) is 0 Å². The quantitative estimate of drug-likeness (QED) is 0.279. The summed E-state index contributed by atoms with van der Waals surface area (Å²) in [5.41, 5.74) is 1.14. The van der Waals surface area contributed by atoms with Gasteiger partial charge in [0.15, 0.2) is 0 Å². The predicted molar refractivity (Wildman–Crippen MR) is 52.1 cm³/mol. The molecule has 0 saturated heterocycles. The van der Waals surface area contributed by atoms with E-state index in [1.54, 1.807) is 0 Å². The molecule has 0 unspecified atom stereocenters. The maximum Gasteiger partial charge on any atom is 0.0923 e. The molecule has 72 valence electrons. The SMILES string of the molecule is C[N+](C)(C)/N=C/c1ccccc1.[I-]. The van der Waals surface area contributed by atoms with Crippen molar-refractivity contribution in [3.8, 4) is 0 Å². The maximum absolute atomic E-state index is 4.34. The zero-order valence-electron chi connectivity index (χ0n) is 8.24. The summed E-state index contributed by atoms with van der Waals surface area (Å²) in [5, 5.41) is 4.34. The van der Waals surface area contributed by atoms with Crippen molar-refractivity contribution < 1.29 is 28.6 Å². The number of rotatable bonds is 2. The zero-order chi connectivity index (χ0) is 9.03. The molecule has 1 aromatic rings. The van der Waals surface area contributed by atoms with E-state index in [-0.39, 0.29) is 24.0 Å². The van der Waals surface area contributed by atoms with E-state index in [9.17, 15) is 0 Å². The second-order valence-corrected chi connectivity index (χ2v) is 3.60. The average Bonchev–Trinajstić information content (AvgIpc) is 2.02. The third-order valence-corrected chi connectivity index (χ3v) is 1.35. The highest BCUT2D eigenvalue weighted by molar-refractivity contribution is 5.78. The summed E-state index contributed by atoms with van der Waals surface area (Å²) < 4.78 is 0.606. The summed E-state index contributed by atoms with van der Waals surface area (Å²) in [7, 11) is 6.08. The highest BCUT2D eigenvalue weighted by Crippen LogP contribution is 1.96. The molecule has 0 radical (unpaired) electrons. The number of nitrogens with zero attached hydrogens (tertiary/aromatic N) is 2. The Hall–Kier alpha value is -0.420. The molecular formula is C10H15IN2. The van der Waals surface area contributed by atoms with Gasteiger partial charge in [0.2, 0.25) is 0 Å². The summed E-state index contributed by atoms with van der Waals surface area (Å²) in [6, 6.07) is 10.1. The first kappa shape index (κ1) is 12.6. The topological polar surface area (TPSA) is 12.4 Å². The Kier molecular flexibility index (Phi) is 5.17. The lowest BCUT2D eigenvalue weighted by molar-refractivity contribution is -0.876. The monoisotopic (exact) mass is 290 g/mol. The molecule has 2 nitrogen and oxygen atoms in total. The van der Waals surface area contributed by atoms with Gasteiger partial charge in [0.1, 0.15) is 0 Å². The Morgan fingerprint density at radius 3 is 2.08 bits per heavy atom. The summed E-state index contributed by atoms with van der Waals surface area (Å²) in [6.45, 7) is 0. The lowest BCUT2D eigenvalue weighted by Gasteiger charge is -2.14. The Labute approximate surface area is 96.9 Å². The van der Waals surface area contributed by atoms with Crippen LogP contribution in [-0.4, -0.2) is 31.9 Å². The Morgan fingerprint density at radius 2 is 1.62 bits per heavy atom. The second kappa shape index (κ2) is 5.34. The first-order valence-corrected chi connectivity index (χ1v) is 4.00. The first-order chi connectivity index (χ1) is 5.58. The normalized spacial score (nSPS) is 11.3. The van der Waals surface area contributed by atoms with Crippen LogP contribution in [0.5, 0.6) is 0 Å². The minimum atomic E-state index is 0. The lowest BCUT2D eigenvalue weighted by atomic mass is 10.2. The zero-order valence-corrected chi connectivity index (χ0v) is 10.4. The highest BCUT2D eigenvalue weighted by atomic mass is 127. The van der Waals surface area contributed by atoms with E-state index in [0.717, 1.165) is 5.56 Å². The molecule has 0 bridgehead atoms. The van der Waals surface area contributed by atoms with E-state index >= 15 is 0 Å². The van der Waals surface area contributed by atoms with Crippen LogP contribution < -0.4 is 24.0 Å². The predicted octanol–water partition coefficient (Wildman–Crippen LogP) is -1.27. The lowest BCUT2D eigenvalue weighted by Crippen LogP contribution is -3.00. The van der Waals surface area contributed by atoms with Crippen LogP contribution in [0.25, 0.3) is 0 Å². The van der Waals surface area contributed by atoms with Crippen molar-refractivity contribution >= 4 is 6.21 Å². The molecule has 0 fully saturated rings. The smallest absolute Gasteiger partial charge is 0.0923 e. The molecule has 0 amide bonds. The number of hydrogen-bond donors (Lipinski definition) is 0. The van der Waals surface area contributed by atoms with Crippen LogP contribution in [0.2, 0.25) is 0 Å². The van der Waals surface area contributed by atoms with E-state index in [2.05, 4.69) is 5.10 Å². The van der Waals surface area contributed by atoms with Gasteiger partial charge < -0.3 is 24.0 Å². The summed E-state index contributed by atoms with van der Waals surface area (Å²) in [5.74, 6) is 0. The van der Waals surface area contributed by atoms with E-state index in [1.807, 2.05) is 57.7 Å². The van der Waals surface area contributed by atoms with E-state index < -0.39 is 0 Å². The van der Waals surface area contributed by atoms with Crippen LogP contribution in [0, 0.1) is 0 Å². The standard InChI is InChI=1S/C10H15N2.HI/c1-12(2,3)11-9-10-7-5-4-6-8-10;/h4-9H,1-3H3;1H/q+1;/p-1/b11-9+;. The minimum absolute atomic E-state index is 0. The first-order valence-electron chi connectivity index (χ1n) is 4.00. The molecule has 0 aromatic heterocycles. The molecular weight excluding hydrogens is 275 g/mol. The largest absolute Gasteiger partial charge is 1.00 e. The van der Waals surface area contributed by atoms with Crippen molar-refractivity contribution in [2.45, 2.75) is 0 Å². The van der Waals surface area contributed by atoms with Gasteiger partial charge in [0.05, 0.1) is 27.4 Å². The Balaban J connectivity index is 0.00000144. The molecule has 0 aliphatic heterocycles. The summed E-state index contributed by atoms with van der Waals surface area (Å²) in [6.07, 6.45) is 1.89. The van der Waals surface area contributed by atoms with Crippen LogP contribution in [0.1, 0.15) is 5.56 Å². The maximum atomic E-state index is 4.34. The Morgan fingerprint density at radius 1 is 1.08 bits per heavy atom. The van der Waals surface area contributed by atoms with Gasteiger partial charge in [-0.1, -0.05) is 35.4 Å². The average molecular weight is 290 g/mol. The molecule has 0 aliphatic rings. The van der Waals surface area contributed by atoms with E-state index in [0.29, 0.717) is 4.59 Å². The Bertz CT molecular complexity index is 262. The molecule has 1 rings (SSSR count). The van der Waals surface area contributed by atoms with Crippen molar-refractivity contribution in [1.29, 1.82) is 0 Å². The number of quaternary nitrogens is 1.